The molecule has 1 aromatic carbocycles. The fourth-order valence-corrected chi connectivity index (χ4v) is 3.14. The zero-order valence-corrected chi connectivity index (χ0v) is 17.3. The van der Waals surface area contributed by atoms with Crippen LogP contribution in [-0.4, -0.2) is 38.5 Å². The van der Waals surface area contributed by atoms with E-state index in [1.165, 1.54) is 0 Å². The van der Waals surface area contributed by atoms with E-state index in [0.29, 0.717) is 12.2 Å². The second-order valence-electron chi connectivity index (χ2n) is 7.16. The minimum Gasteiger partial charge on any atom is -0.496 e. The molecule has 2 aromatic heterocycles. The number of pyridine rings is 1. The highest BCUT2D eigenvalue weighted by Gasteiger charge is 2.21. The summed E-state index contributed by atoms with van der Waals surface area (Å²) < 4.78 is 7.13. The first kappa shape index (κ1) is 20.3. The lowest BCUT2D eigenvalue weighted by Gasteiger charge is -2.26. The number of aryl methyl sites for hydroxylation is 1. The zero-order chi connectivity index (χ0) is 21.0. The van der Waals surface area contributed by atoms with Gasteiger partial charge in [0.1, 0.15) is 11.4 Å². The van der Waals surface area contributed by atoms with E-state index in [-0.39, 0.29) is 11.9 Å². The average Bonchev–Trinajstić information content (AvgIpc) is 3.17. The molecule has 3 rings (SSSR count). The highest BCUT2D eigenvalue weighted by atomic mass is 16.5. The van der Waals surface area contributed by atoms with Gasteiger partial charge in [0.05, 0.1) is 19.1 Å². The summed E-state index contributed by atoms with van der Waals surface area (Å²) in [5.74, 6) is 0.684. The van der Waals surface area contributed by atoms with Crippen molar-refractivity contribution in [2.75, 3.05) is 7.11 Å². The number of rotatable bonds is 7. The van der Waals surface area contributed by atoms with Crippen LogP contribution in [0.25, 0.3) is 17.3 Å². The Hall–Kier alpha value is -3.41. The minimum absolute atomic E-state index is 0.0366. The number of carbonyl (C=O) groups is 1. The van der Waals surface area contributed by atoms with E-state index in [4.69, 9.17) is 4.74 Å². The number of carbonyl (C=O) groups excluding carboxylic acids is 1. The Labute approximate surface area is 171 Å². The topological polar surface area (TPSA) is 60.2 Å². The number of hydrogen-bond donors (Lipinski definition) is 0. The lowest BCUT2D eigenvalue weighted by atomic mass is 10.0. The Morgan fingerprint density at radius 3 is 2.69 bits per heavy atom. The van der Waals surface area contributed by atoms with Crippen LogP contribution in [0, 0.1) is 0 Å². The van der Waals surface area contributed by atoms with E-state index in [0.717, 1.165) is 28.1 Å². The summed E-state index contributed by atoms with van der Waals surface area (Å²) in [5.41, 5.74) is 4.16. The molecule has 6 heteroatoms. The number of nitrogens with zero attached hydrogens (tertiary/aromatic N) is 4. The molecule has 0 saturated heterocycles. The van der Waals surface area contributed by atoms with Crippen LogP contribution in [0.15, 0.2) is 55.6 Å². The highest BCUT2D eigenvalue weighted by molar-refractivity contribution is 5.92. The second-order valence-corrected chi connectivity index (χ2v) is 7.16. The molecule has 2 heterocycles. The Balaban J connectivity index is 1.88. The molecule has 0 N–H and O–H groups in total. The summed E-state index contributed by atoms with van der Waals surface area (Å²) in [7, 11) is 3.49. The Morgan fingerprint density at radius 1 is 1.28 bits per heavy atom. The van der Waals surface area contributed by atoms with Gasteiger partial charge in [-0.25, -0.2) is 4.98 Å². The maximum atomic E-state index is 12.9. The van der Waals surface area contributed by atoms with Gasteiger partial charge < -0.3 is 14.2 Å². The van der Waals surface area contributed by atoms with Crippen molar-refractivity contribution in [1.82, 2.24) is 19.4 Å². The van der Waals surface area contributed by atoms with Crippen molar-refractivity contribution in [2.45, 2.75) is 26.4 Å². The quantitative estimate of drug-likeness (QED) is 0.607. The fourth-order valence-electron chi connectivity index (χ4n) is 3.14. The zero-order valence-electron chi connectivity index (χ0n) is 17.3. The van der Waals surface area contributed by atoms with Crippen molar-refractivity contribution in [1.29, 1.82) is 0 Å². The second kappa shape index (κ2) is 8.73. The molecule has 0 saturated carbocycles. The number of imidazole rings is 1. The molecular weight excluding hydrogens is 364 g/mol. The predicted octanol–water partition coefficient (Wildman–Crippen LogP) is 4.18. The molecule has 1 amide bonds. The molecule has 150 valence electrons. The number of methoxy groups -OCH3 is 1. The lowest BCUT2D eigenvalue weighted by molar-refractivity contribution is 0.0684. The average molecular weight is 390 g/mol. The van der Waals surface area contributed by atoms with Crippen LogP contribution < -0.4 is 4.74 Å². The molecule has 29 heavy (non-hydrogen) atoms. The van der Waals surface area contributed by atoms with E-state index in [1.54, 1.807) is 36.5 Å². The molecule has 0 aliphatic carbocycles. The van der Waals surface area contributed by atoms with Crippen molar-refractivity contribution >= 4 is 12.0 Å². The molecule has 0 atom stereocenters. The van der Waals surface area contributed by atoms with E-state index in [9.17, 15) is 4.79 Å². The van der Waals surface area contributed by atoms with E-state index in [1.807, 2.05) is 56.1 Å². The van der Waals surface area contributed by atoms with Crippen LogP contribution >= 0.6 is 0 Å². The van der Waals surface area contributed by atoms with Crippen molar-refractivity contribution in [2.24, 2.45) is 7.05 Å². The Kier molecular flexibility index (Phi) is 6.12. The summed E-state index contributed by atoms with van der Waals surface area (Å²) in [4.78, 5) is 23.4. The van der Waals surface area contributed by atoms with Crippen molar-refractivity contribution < 1.29 is 9.53 Å². The van der Waals surface area contributed by atoms with Crippen LogP contribution in [0.5, 0.6) is 5.75 Å². The van der Waals surface area contributed by atoms with Crippen molar-refractivity contribution in [3.05, 3.63) is 72.5 Å². The molecule has 0 radical (unpaired) electrons. The van der Waals surface area contributed by atoms with Crippen molar-refractivity contribution in [3.8, 4) is 17.0 Å². The maximum Gasteiger partial charge on any atom is 0.274 e. The van der Waals surface area contributed by atoms with Gasteiger partial charge in [0.25, 0.3) is 5.91 Å². The summed E-state index contributed by atoms with van der Waals surface area (Å²) in [6, 6.07) is 9.85. The highest BCUT2D eigenvalue weighted by Crippen LogP contribution is 2.27. The third kappa shape index (κ3) is 4.54. The van der Waals surface area contributed by atoms with E-state index in [2.05, 4.69) is 16.5 Å². The summed E-state index contributed by atoms with van der Waals surface area (Å²) in [6.07, 6.45) is 6.91. The first-order valence-corrected chi connectivity index (χ1v) is 9.47. The smallest absolute Gasteiger partial charge is 0.274 e. The van der Waals surface area contributed by atoms with Gasteiger partial charge >= 0.3 is 0 Å². The van der Waals surface area contributed by atoms with Crippen LogP contribution in [-0.2, 0) is 13.6 Å². The third-order valence-corrected chi connectivity index (χ3v) is 4.73. The van der Waals surface area contributed by atoms with Gasteiger partial charge in [-0.3, -0.25) is 9.78 Å². The molecule has 0 spiro atoms. The molecule has 3 aromatic rings. The summed E-state index contributed by atoms with van der Waals surface area (Å²) >= 11 is 0. The number of ether oxygens (including phenoxy) is 1. The van der Waals surface area contributed by atoms with Crippen molar-refractivity contribution in [3.63, 3.8) is 0 Å². The first-order chi connectivity index (χ1) is 13.9. The van der Waals surface area contributed by atoms with Gasteiger partial charge in [-0.1, -0.05) is 12.7 Å². The fraction of sp³-hybridized carbons (Fsp3) is 0.261. The molecule has 6 nitrogen and oxygen atoms in total. The molecule has 0 bridgehead atoms. The Bertz CT molecular complexity index is 1020. The standard InChI is InChI=1S/C23H26N4O2/c1-6-18-12-19(7-8-22(18)29-5)20-11-17(9-10-24-20)13-27(16(2)3)23(28)21-14-26(4)15-25-21/h6-12,14-16H,1,13H2,2-5H3. The van der Waals surface area contributed by atoms with E-state index < -0.39 is 0 Å². The summed E-state index contributed by atoms with van der Waals surface area (Å²) in [6.45, 7) is 8.33. The number of amides is 1. The Morgan fingerprint density at radius 2 is 2.07 bits per heavy atom. The van der Waals surface area contributed by atoms with Gasteiger partial charge in [0.2, 0.25) is 0 Å². The van der Waals surface area contributed by atoms with Crippen LogP contribution in [0.4, 0.5) is 0 Å². The minimum atomic E-state index is -0.0858. The SMILES string of the molecule is C=Cc1cc(-c2cc(CN(C(=O)c3cn(C)cn3)C(C)C)ccn2)ccc1OC. The van der Waals surface area contributed by atoms with Crippen LogP contribution in [0.3, 0.4) is 0 Å². The first-order valence-electron chi connectivity index (χ1n) is 9.47. The van der Waals surface area contributed by atoms with E-state index >= 15 is 0 Å². The largest absolute Gasteiger partial charge is 0.496 e. The van der Waals surface area contributed by atoms with Gasteiger partial charge in [-0.15, -0.1) is 0 Å². The number of hydrogen-bond acceptors (Lipinski definition) is 4. The third-order valence-electron chi connectivity index (χ3n) is 4.73. The summed E-state index contributed by atoms with van der Waals surface area (Å²) in [5, 5.41) is 0. The molecular formula is C23H26N4O2. The van der Waals surface area contributed by atoms with Gasteiger partial charge in [0.15, 0.2) is 0 Å². The molecule has 0 fully saturated rings. The van der Waals surface area contributed by atoms with Gasteiger partial charge in [-0.05, 0) is 49.7 Å². The van der Waals surface area contributed by atoms with Gasteiger partial charge in [-0.2, -0.15) is 0 Å². The molecule has 0 aliphatic rings. The van der Waals surface area contributed by atoms with Crippen LogP contribution in [0.1, 0.15) is 35.5 Å². The maximum absolute atomic E-state index is 12.9. The normalized spacial score (nSPS) is 10.8. The number of aromatic nitrogens is 3. The van der Waals surface area contributed by atoms with Gasteiger partial charge in [0, 0.05) is 43.2 Å². The molecule has 0 aliphatic heterocycles. The monoisotopic (exact) mass is 390 g/mol. The lowest BCUT2D eigenvalue weighted by Crippen LogP contribution is -2.36. The predicted molar refractivity (Wildman–Crippen MR) is 115 cm³/mol. The number of benzene rings is 1. The van der Waals surface area contributed by atoms with Crippen LogP contribution in [0.2, 0.25) is 0 Å². The molecule has 0 unspecified atom stereocenters.